The number of pyridine rings is 1. The summed E-state index contributed by atoms with van der Waals surface area (Å²) >= 11 is 0. The van der Waals surface area contributed by atoms with Crippen LogP contribution in [0.1, 0.15) is 55.0 Å². The highest BCUT2D eigenvalue weighted by atomic mass is 35.5. The molecule has 1 aromatic rings. The number of nitrogens with two attached hydrogens (primary N) is 1. The van der Waals surface area contributed by atoms with Crippen LogP contribution in [0.3, 0.4) is 0 Å². The van der Waals surface area contributed by atoms with Gasteiger partial charge in [0.25, 0.3) is 5.56 Å². The zero-order valence-corrected chi connectivity index (χ0v) is 15.9. The van der Waals surface area contributed by atoms with Crippen LogP contribution < -0.4 is 11.3 Å². The molecule has 0 spiro atoms. The maximum absolute atomic E-state index is 12.7. The summed E-state index contributed by atoms with van der Waals surface area (Å²) in [5.74, 6) is 0.0977. The molecule has 0 radical (unpaired) electrons. The van der Waals surface area contributed by atoms with Crippen LogP contribution >= 0.6 is 12.4 Å². The quantitative estimate of drug-likeness (QED) is 0.849. The smallest absolute Gasteiger partial charge is 0.266 e. The van der Waals surface area contributed by atoms with E-state index < -0.39 is 0 Å². The van der Waals surface area contributed by atoms with Gasteiger partial charge in [0, 0.05) is 30.7 Å². The highest BCUT2D eigenvalue weighted by Crippen LogP contribution is 2.21. The van der Waals surface area contributed by atoms with Crippen molar-refractivity contribution < 1.29 is 4.79 Å². The average Bonchev–Trinajstić information content (AvgIpc) is 2.54. The monoisotopic (exact) mass is 366 g/mol. The molecule has 1 amide bonds. The van der Waals surface area contributed by atoms with Gasteiger partial charge in [-0.15, -0.1) is 12.4 Å². The first-order valence-corrected chi connectivity index (χ1v) is 8.54. The lowest BCUT2D eigenvalue weighted by Gasteiger charge is -2.38. The third-order valence-electron chi connectivity index (χ3n) is 4.99. The molecular formula is C18H27ClN4O2. The van der Waals surface area contributed by atoms with E-state index in [0.717, 1.165) is 37.1 Å². The Bertz CT molecular complexity index is 721. The van der Waals surface area contributed by atoms with Crippen molar-refractivity contribution in [3.8, 4) is 6.07 Å². The maximum Gasteiger partial charge on any atom is 0.266 e. The molecule has 1 aromatic heterocycles. The molecule has 25 heavy (non-hydrogen) atoms. The number of nitriles is 1. The number of nitrogens with one attached hydrogen (secondary N) is 1. The van der Waals surface area contributed by atoms with Crippen molar-refractivity contribution in [1.82, 2.24) is 9.88 Å². The first-order chi connectivity index (χ1) is 11.4. The molecule has 1 fully saturated rings. The number of aryl methyl sites for hydroxylation is 1. The second-order valence-electron chi connectivity index (χ2n) is 6.68. The van der Waals surface area contributed by atoms with Crippen molar-refractivity contribution in [3.05, 3.63) is 32.7 Å². The Morgan fingerprint density at radius 1 is 1.44 bits per heavy atom. The summed E-state index contributed by atoms with van der Waals surface area (Å²) in [4.78, 5) is 29.1. The second-order valence-corrected chi connectivity index (χ2v) is 6.68. The number of halogens is 1. The van der Waals surface area contributed by atoms with Gasteiger partial charge in [0.15, 0.2) is 0 Å². The third-order valence-corrected chi connectivity index (χ3v) is 4.99. The number of carbonyl (C=O) groups is 1. The number of carbonyl (C=O) groups excluding carboxylic acids is 1. The molecule has 0 aliphatic carbocycles. The van der Waals surface area contributed by atoms with Crippen molar-refractivity contribution >= 4 is 18.3 Å². The number of rotatable bonds is 4. The van der Waals surface area contributed by atoms with E-state index in [9.17, 15) is 9.59 Å². The Morgan fingerprint density at radius 2 is 2.12 bits per heavy atom. The summed E-state index contributed by atoms with van der Waals surface area (Å²) < 4.78 is 0. The summed E-state index contributed by atoms with van der Waals surface area (Å²) in [5.41, 5.74) is 8.09. The summed E-state index contributed by atoms with van der Waals surface area (Å²) in [5, 5.41) is 9.13. The minimum Gasteiger partial charge on any atom is -0.338 e. The molecular weight excluding hydrogens is 340 g/mol. The second kappa shape index (κ2) is 9.02. The number of hydrogen-bond donors (Lipinski definition) is 2. The van der Waals surface area contributed by atoms with Crippen LogP contribution in [0.4, 0.5) is 0 Å². The van der Waals surface area contributed by atoms with E-state index in [1.807, 2.05) is 17.9 Å². The predicted molar refractivity (Wildman–Crippen MR) is 99.8 cm³/mol. The first kappa shape index (κ1) is 21.2. The SMILES string of the molecule is Cc1[nH]c(=O)c(C#N)c(C)c1CCC(=O)N1CCCCC1C(C)N.Cl. The van der Waals surface area contributed by atoms with Crippen molar-refractivity contribution in [2.45, 2.75) is 65.0 Å². The first-order valence-electron chi connectivity index (χ1n) is 8.54. The van der Waals surface area contributed by atoms with Gasteiger partial charge in [0.2, 0.25) is 5.91 Å². The highest BCUT2D eigenvalue weighted by Gasteiger charge is 2.29. The number of aromatic nitrogens is 1. The zero-order valence-electron chi connectivity index (χ0n) is 15.1. The van der Waals surface area contributed by atoms with Gasteiger partial charge in [-0.2, -0.15) is 5.26 Å². The van der Waals surface area contributed by atoms with E-state index in [0.29, 0.717) is 18.4 Å². The number of amides is 1. The fourth-order valence-corrected chi connectivity index (χ4v) is 3.61. The van der Waals surface area contributed by atoms with E-state index in [1.54, 1.807) is 13.8 Å². The molecule has 2 atom stereocenters. The lowest BCUT2D eigenvalue weighted by atomic mass is 9.95. The van der Waals surface area contributed by atoms with Gasteiger partial charge in [-0.05, 0) is 57.6 Å². The summed E-state index contributed by atoms with van der Waals surface area (Å²) in [6, 6.07) is 2.03. The van der Waals surface area contributed by atoms with Crippen LogP contribution in [0.2, 0.25) is 0 Å². The van der Waals surface area contributed by atoms with Gasteiger partial charge in [0.1, 0.15) is 11.6 Å². The van der Waals surface area contributed by atoms with Crippen LogP contribution in [-0.2, 0) is 11.2 Å². The molecule has 2 unspecified atom stereocenters. The number of aromatic amines is 1. The maximum atomic E-state index is 12.7. The van der Waals surface area contributed by atoms with Gasteiger partial charge >= 0.3 is 0 Å². The molecule has 1 aliphatic heterocycles. The van der Waals surface area contributed by atoms with Gasteiger partial charge in [-0.3, -0.25) is 9.59 Å². The number of H-pyrrole nitrogens is 1. The molecule has 3 N–H and O–H groups in total. The Kier molecular flexibility index (Phi) is 7.65. The molecule has 2 rings (SSSR count). The van der Waals surface area contributed by atoms with Crippen LogP contribution in [-0.4, -0.2) is 34.4 Å². The highest BCUT2D eigenvalue weighted by molar-refractivity contribution is 5.85. The molecule has 6 nitrogen and oxygen atoms in total. The number of hydrogen-bond acceptors (Lipinski definition) is 4. The Morgan fingerprint density at radius 3 is 2.72 bits per heavy atom. The standard InChI is InChI=1S/C18H26N4O2.ClH/c1-11-14(13(3)21-18(24)15(11)10-19)7-8-17(23)22-9-5-4-6-16(22)12(2)20;/h12,16H,4-9,20H2,1-3H3,(H,21,24);1H. The molecule has 1 aliphatic rings. The minimum atomic E-state index is -0.365. The van der Waals surface area contributed by atoms with Gasteiger partial charge < -0.3 is 15.6 Å². The van der Waals surface area contributed by atoms with Crippen LogP contribution in [0, 0.1) is 25.2 Å². The largest absolute Gasteiger partial charge is 0.338 e. The molecule has 2 heterocycles. The van der Waals surface area contributed by atoms with Gasteiger partial charge in [0.05, 0.1) is 0 Å². The topological polar surface area (TPSA) is 103 Å². The lowest BCUT2D eigenvalue weighted by molar-refractivity contribution is -0.135. The predicted octanol–water partition coefficient (Wildman–Crippen LogP) is 1.95. The van der Waals surface area contributed by atoms with E-state index >= 15 is 0 Å². The van der Waals surface area contributed by atoms with E-state index in [4.69, 9.17) is 11.0 Å². The fourth-order valence-electron chi connectivity index (χ4n) is 3.61. The van der Waals surface area contributed by atoms with Crippen LogP contribution in [0.15, 0.2) is 4.79 Å². The molecule has 1 saturated heterocycles. The number of nitrogens with zero attached hydrogens (tertiary/aromatic N) is 2. The molecule has 0 saturated carbocycles. The van der Waals surface area contributed by atoms with Crippen molar-refractivity contribution in [2.75, 3.05) is 6.54 Å². The van der Waals surface area contributed by atoms with E-state index in [2.05, 4.69) is 4.98 Å². The Hall–Kier alpha value is -1.84. The van der Waals surface area contributed by atoms with Gasteiger partial charge in [-0.25, -0.2) is 0 Å². The molecule has 0 aromatic carbocycles. The normalized spacial score (nSPS) is 18.2. The Balaban J connectivity index is 0.00000312. The molecule has 138 valence electrons. The summed E-state index contributed by atoms with van der Waals surface area (Å²) in [7, 11) is 0. The number of piperidine rings is 1. The summed E-state index contributed by atoms with van der Waals surface area (Å²) in [6.45, 7) is 6.29. The third kappa shape index (κ3) is 4.62. The fraction of sp³-hybridized carbons (Fsp3) is 0.611. The average molecular weight is 367 g/mol. The van der Waals surface area contributed by atoms with Gasteiger partial charge in [-0.1, -0.05) is 0 Å². The van der Waals surface area contributed by atoms with Crippen molar-refractivity contribution in [1.29, 1.82) is 5.26 Å². The van der Waals surface area contributed by atoms with Crippen LogP contribution in [0.25, 0.3) is 0 Å². The number of likely N-dealkylation sites (tertiary alicyclic amines) is 1. The van der Waals surface area contributed by atoms with Crippen molar-refractivity contribution in [3.63, 3.8) is 0 Å². The lowest BCUT2D eigenvalue weighted by Crippen LogP contribution is -2.51. The molecule has 0 bridgehead atoms. The summed E-state index contributed by atoms with van der Waals surface area (Å²) in [6.07, 6.45) is 3.97. The van der Waals surface area contributed by atoms with Crippen LogP contribution in [0.5, 0.6) is 0 Å². The zero-order chi connectivity index (χ0) is 17.9. The van der Waals surface area contributed by atoms with E-state index in [-0.39, 0.29) is 41.5 Å². The van der Waals surface area contributed by atoms with E-state index in [1.165, 1.54) is 0 Å². The Labute approximate surface area is 154 Å². The minimum absolute atomic E-state index is 0. The van der Waals surface area contributed by atoms with Crippen molar-refractivity contribution in [2.24, 2.45) is 5.73 Å². The molecule has 7 heteroatoms.